The third kappa shape index (κ3) is 4.74. The van der Waals surface area contributed by atoms with E-state index in [4.69, 9.17) is 34.8 Å². The van der Waals surface area contributed by atoms with Gasteiger partial charge in [0, 0.05) is 24.9 Å². The van der Waals surface area contributed by atoms with E-state index >= 15 is 0 Å². The van der Waals surface area contributed by atoms with Crippen molar-refractivity contribution in [3.8, 4) is 0 Å². The lowest BCUT2D eigenvalue weighted by Gasteiger charge is -2.21. The second-order valence-corrected chi connectivity index (χ2v) is 7.34. The first-order chi connectivity index (χ1) is 13.5. The molecule has 6 heteroatoms. The van der Waals surface area contributed by atoms with Crippen LogP contribution in [0.5, 0.6) is 0 Å². The number of hydrogen-bond acceptors (Lipinski definition) is 3. The summed E-state index contributed by atoms with van der Waals surface area (Å²) in [6.45, 7) is 1.23. The van der Waals surface area contributed by atoms with Crippen molar-refractivity contribution < 1.29 is 9.59 Å². The minimum absolute atomic E-state index is 0.0344. The molecule has 0 atom stereocenters. The van der Waals surface area contributed by atoms with Gasteiger partial charge < -0.3 is 4.90 Å². The van der Waals surface area contributed by atoms with Crippen LogP contribution >= 0.6 is 34.8 Å². The maximum absolute atomic E-state index is 12.4. The number of hydrogen-bond donors (Lipinski definition) is 0. The van der Waals surface area contributed by atoms with Crippen LogP contribution in [0.4, 0.5) is 0 Å². The molecule has 3 nitrogen and oxygen atoms in total. The number of ketones is 2. The zero-order valence-electron chi connectivity index (χ0n) is 14.7. The van der Waals surface area contributed by atoms with Gasteiger partial charge in [0.25, 0.3) is 0 Å². The van der Waals surface area contributed by atoms with Gasteiger partial charge in [-0.15, -0.1) is 0 Å². The number of nitrogens with zero attached hydrogens (tertiary/aromatic N) is 1. The number of halogens is 3. The molecule has 0 amide bonds. The normalized spacial score (nSPS) is 15.0. The van der Waals surface area contributed by atoms with Gasteiger partial charge >= 0.3 is 0 Å². The van der Waals surface area contributed by atoms with Crippen LogP contribution in [-0.4, -0.2) is 16.5 Å². The zero-order chi connectivity index (χ0) is 20.1. The highest BCUT2D eigenvalue weighted by molar-refractivity contribution is 6.64. The minimum Gasteiger partial charge on any atom is -0.369 e. The van der Waals surface area contributed by atoms with Gasteiger partial charge in [-0.05, 0) is 17.2 Å². The largest absolute Gasteiger partial charge is 0.369 e. The summed E-state index contributed by atoms with van der Waals surface area (Å²) < 4.78 is 0. The first kappa shape index (κ1) is 20.4. The summed E-state index contributed by atoms with van der Waals surface area (Å²) >= 11 is 17.7. The molecule has 28 heavy (non-hydrogen) atoms. The maximum Gasteiger partial charge on any atom is 0.218 e. The number of carbonyl (C=O) groups excluding carboxylic acids is 2. The van der Waals surface area contributed by atoms with E-state index in [1.54, 1.807) is 6.20 Å². The third-order valence-electron chi connectivity index (χ3n) is 4.18. The van der Waals surface area contributed by atoms with Crippen LogP contribution in [-0.2, 0) is 22.7 Å². The molecular formula is C22H16Cl3NO2. The van der Waals surface area contributed by atoms with Crippen LogP contribution < -0.4 is 0 Å². The van der Waals surface area contributed by atoms with E-state index in [0.717, 1.165) is 11.1 Å². The van der Waals surface area contributed by atoms with Crippen LogP contribution in [0.25, 0.3) is 0 Å². The molecule has 2 aromatic carbocycles. The van der Waals surface area contributed by atoms with Crippen LogP contribution in [0.15, 0.2) is 93.6 Å². The predicted molar refractivity (Wildman–Crippen MR) is 113 cm³/mol. The summed E-state index contributed by atoms with van der Waals surface area (Å²) in [4.78, 5) is 26.5. The Morgan fingerprint density at radius 1 is 0.679 bits per heavy atom. The van der Waals surface area contributed by atoms with Crippen molar-refractivity contribution in [3.05, 3.63) is 105 Å². The monoisotopic (exact) mass is 431 g/mol. The Morgan fingerprint density at radius 3 is 1.64 bits per heavy atom. The summed E-state index contributed by atoms with van der Waals surface area (Å²) in [5.41, 5.74) is 2.25. The van der Waals surface area contributed by atoms with Gasteiger partial charge in [0.05, 0.1) is 0 Å². The van der Waals surface area contributed by atoms with E-state index in [2.05, 4.69) is 0 Å². The van der Waals surface area contributed by atoms with Crippen molar-refractivity contribution in [2.75, 3.05) is 0 Å². The molecule has 0 N–H and O–H groups in total. The Balaban J connectivity index is 1.88. The summed E-state index contributed by atoms with van der Waals surface area (Å²) in [7, 11) is 0. The lowest BCUT2D eigenvalue weighted by Crippen LogP contribution is -2.19. The molecule has 0 aliphatic heterocycles. The van der Waals surface area contributed by atoms with Crippen molar-refractivity contribution in [1.82, 2.24) is 4.90 Å². The van der Waals surface area contributed by atoms with Gasteiger partial charge in [0.1, 0.15) is 15.1 Å². The summed E-state index contributed by atoms with van der Waals surface area (Å²) in [6.07, 6.45) is 3.26. The average molecular weight is 433 g/mol. The number of rotatable bonds is 6. The van der Waals surface area contributed by atoms with Gasteiger partial charge in [-0.2, -0.15) is 0 Å². The van der Waals surface area contributed by atoms with E-state index in [0.29, 0.717) is 13.1 Å². The fourth-order valence-corrected chi connectivity index (χ4v) is 3.42. The number of allylic oxidation sites excluding steroid dienone is 5. The fourth-order valence-electron chi connectivity index (χ4n) is 2.76. The van der Waals surface area contributed by atoms with Crippen molar-refractivity contribution in [1.29, 1.82) is 0 Å². The lowest BCUT2D eigenvalue weighted by atomic mass is 10.0. The van der Waals surface area contributed by atoms with Crippen molar-refractivity contribution >= 4 is 46.4 Å². The van der Waals surface area contributed by atoms with Crippen LogP contribution in [0, 0.1) is 0 Å². The lowest BCUT2D eigenvalue weighted by molar-refractivity contribution is -0.115. The van der Waals surface area contributed by atoms with E-state index in [-0.39, 0.29) is 20.7 Å². The van der Waals surface area contributed by atoms with Crippen LogP contribution in [0.2, 0.25) is 0 Å². The van der Waals surface area contributed by atoms with E-state index in [9.17, 15) is 9.59 Å². The molecule has 0 radical (unpaired) electrons. The Bertz CT molecular complexity index is 938. The summed E-state index contributed by atoms with van der Waals surface area (Å²) in [5.74, 6) is -1.21. The molecule has 0 fully saturated rings. The topological polar surface area (TPSA) is 37.4 Å². The molecule has 0 aromatic heterocycles. The van der Waals surface area contributed by atoms with Gasteiger partial charge in [-0.25, -0.2) is 0 Å². The molecule has 0 spiro atoms. The first-order valence-corrected chi connectivity index (χ1v) is 9.65. The van der Waals surface area contributed by atoms with Gasteiger partial charge in [-0.3, -0.25) is 9.59 Å². The standard InChI is InChI=1S/C22H16Cl3NO2/c23-18-17(21(27)19(24)20(25)22(18)28)11-12-26(13-15-7-3-1-4-8-15)14-16-9-5-2-6-10-16/h1-12H,13-14H2/b12-11+. The molecule has 0 saturated carbocycles. The quantitative estimate of drug-likeness (QED) is 0.563. The van der Waals surface area contributed by atoms with E-state index < -0.39 is 11.6 Å². The molecular weight excluding hydrogens is 417 g/mol. The maximum atomic E-state index is 12.4. The fraction of sp³-hybridized carbons (Fsp3) is 0.0909. The highest BCUT2D eigenvalue weighted by Gasteiger charge is 2.31. The average Bonchev–Trinajstić information content (AvgIpc) is 2.72. The predicted octanol–water partition coefficient (Wildman–Crippen LogP) is 5.54. The highest BCUT2D eigenvalue weighted by Crippen LogP contribution is 2.32. The van der Waals surface area contributed by atoms with E-state index in [1.807, 2.05) is 65.6 Å². The molecule has 1 aliphatic rings. The van der Waals surface area contributed by atoms with Gasteiger partial charge in [0.2, 0.25) is 11.6 Å². The van der Waals surface area contributed by atoms with Crippen LogP contribution in [0.1, 0.15) is 11.1 Å². The third-order valence-corrected chi connectivity index (χ3v) is 5.37. The molecule has 0 saturated heterocycles. The molecule has 0 unspecified atom stereocenters. The van der Waals surface area contributed by atoms with Gasteiger partial charge in [-0.1, -0.05) is 95.5 Å². The highest BCUT2D eigenvalue weighted by atomic mass is 35.5. The second kappa shape index (κ2) is 9.24. The molecule has 1 aliphatic carbocycles. The van der Waals surface area contributed by atoms with Crippen molar-refractivity contribution in [2.24, 2.45) is 0 Å². The zero-order valence-corrected chi connectivity index (χ0v) is 17.0. The van der Waals surface area contributed by atoms with Crippen molar-refractivity contribution in [3.63, 3.8) is 0 Å². The number of benzene rings is 2. The Hall–Kier alpha value is -2.33. The Morgan fingerprint density at radius 2 is 1.14 bits per heavy atom. The number of Topliss-reactive ketones (excluding diaryl/α,β-unsaturated/α-hetero) is 2. The molecule has 2 aromatic rings. The minimum atomic E-state index is -0.648. The van der Waals surface area contributed by atoms with Crippen molar-refractivity contribution in [2.45, 2.75) is 13.1 Å². The first-order valence-electron chi connectivity index (χ1n) is 8.52. The molecule has 3 rings (SSSR count). The second-order valence-electron chi connectivity index (χ2n) is 6.21. The SMILES string of the molecule is O=C1C(Cl)=C(Cl)C(=O)C(/C=C/N(Cc2ccccc2)Cc2ccccc2)=C1Cl. The van der Waals surface area contributed by atoms with E-state index in [1.165, 1.54) is 6.08 Å². The Kier molecular flexibility index (Phi) is 6.74. The number of carbonyl (C=O) groups is 2. The smallest absolute Gasteiger partial charge is 0.218 e. The van der Waals surface area contributed by atoms with Crippen LogP contribution in [0.3, 0.4) is 0 Å². The Labute approximate surface area is 178 Å². The summed E-state index contributed by atoms with van der Waals surface area (Å²) in [6, 6.07) is 19.9. The molecule has 0 bridgehead atoms. The van der Waals surface area contributed by atoms with Gasteiger partial charge in [0.15, 0.2) is 0 Å². The summed E-state index contributed by atoms with van der Waals surface area (Å²) in [5, 5.41) is -0.886. The molecule has 0 heterocycles. The molecule has 142 valence electrons.